The summed E-state index contributed by atoms with van der Waals surface area (Å²) in [4.78, 5) is 26.1. The van der Waals surface area contributed by atoms with Crippen molar-refractivity contribution < 1.29 is 14.3 Å². The molecule has 0 unspecified atom stereocenters. The Morgan fingerprint density at radius 1 is 1.26 bits per heavy atom. The van der Waals surface area contributed by atoms with Crippen LogP contribution in [0, 0.1) is 22.7 Å². The number of ether oxygens (including phenoxy) is 1. The molecule has 34 heavy (non-hydrogen) atoms. The lowest BCUT2D eigenvalue weighted by Gasteiger charge is -2.23. The van der Waals surface area contributed by atoms with Crippen LogP contribution in [-0.4, -0.2) is 42.0 Å². The maximum atomic E-state index is 12.3. The Morgan fingerprint density at radius 2 is 1.97 bits per heavy atom. The Morgan fingerprint density at radius 3 is 2.50 bits per heavy atom. The molecule has 1 amide bonds. The number of amides is 1. The van der Waals surface area contributed by atoms with E-state index in [1.165, 1.54) is 14.0 Å². The van der Waals surface area contributed by atoms with Crippen LogP contribution in [0.25, 0.3) is 0 Å². The van der Waals surface area contributed by atoms with E-state index in [-0.39, 0.29) is 17.3 Å². The maximum Gasteiger partial charge on any atom is 0.436 e. The number of methoxy groups -OCH3 is 1. The molecule has 2 rings (SSSR count). The lowest BCUT2D eigenvalue weighted by Crippen LogP contribution is -2.23. The first-order valence-corrected chi connectivity index (χ1v) is 10.6. The van der Waals surface area contributed by atoms with E-state index >= 15 is 0 Å². The van der Waals surface area contributed by atoms with Gasteiger partial charge in [0.1, 0.15) is 17.3 Å². The number of nitrogens with one attached hydrogen (secondary N) is 1. The molecule has 1 heterocycles. The fourth-order valence-electron chi connectivity index (χ4n) is 3.20. The van der Waals surface area contributed by atoms with Gasteiger partial charge in [0, 0.05) is 31.1 Å². The first-order chi connectivity index (χ1) is 16.1. The average Bonchev–Trinajstić information content (AvgIpc) is 3.17. The summed E-state index contributed by atoms with van der Waals surface area (Å²) in [5, 5.41) is 34.0. The van der Waals surface area contributed by atoms with Gasteiger partial charge in [0.25, 0.3) is 0 Å². The van der Waals surface area contributed by atoms with E-state index in [0.717, 1.165) is 10.4 Å². The van der Waals surface area contributed by atoms with E-state index in [2.05, 4.69) is 32.8 Å². The Balaban J connectivity index is 2.61. The maximum absolute atomic E-state index is 12.3. The van der Waals surface area contributed by atoms with Crippen LogP contribution in [0.4, 0.5) is 27.7 Å². The summed E-state index contributed by atoms with van der Waals surface area (Å²) in [5.74, 6) is -0.373. The normalized spacial score (nSPS) is 11.1. The summed E-state index contributed by atoms with van der Waals surface area (Å²) >= 11 is 0. The van der Waals surface area contributed by atoms with Crippen LogP contribution >= 0.6 is 0 Å². The zero-order valence-corrected chi connectivity index (χ0v) is 20.2. The van der Waals surface area contributed by atoms with Gasteiger partial charge < -0.3 is 15.0 Å². The Hall–Kier alpha value is -4.25. The minimum Gasteiger partial charge on any atom is -0.451 e. The fraction of sp³-hybridized carbons (Fsp3) is 0.435. The van der Waals surface area contributed by atoms with Gasteiger partial charge in [-0.3, -0.25) is 4.79 Å². The molecule has 0 radical (unpaired) electrons. The largest absolute Gasteiger partial charge is 0.451 e. The molecule has 1 aromatic heterocycles. The molecular weight excluding hydrogens is 436 g/mol. The summed E-state index contributed by atoms with van der Waals surface area (Å²) < 4.78 is 5.68. The predicted octanol–water partition coefficient (Wildman–Crippen LogP) is 4.78. The summed E-state index contributed by atoms with van der Waals surface area (Å²) in [6.07, 6.45) is -0.454. The summed E-state index contributed by atoms with van der Waals surface area (Å²) in [6.45, 7) is 10.1. The molecular formula is C23H28N8O3. The molecule has 0 aliphatic carbocycles. The first kappa shape index (κ1) is 26.0. The number of aromatic nitrogens is 2. The number of carbonyl (C=O) groups is 2. The zero-order chi connectivity index (χ0) is 25.5. The SMILES string of the molecule is CCN(CCC#N)c1ccc(N=Nc2c(C#N)c(C(C)(C)C)nn2C(=O)OC)c(NC(C)=O)c1. The second-order valence-electron chi connectivity index (χ2n) is 8.36. The molecule has 11 heteroatoms. The highest BCUT2D eigenvalue weighted by atomic mass is 16.5. The van der Waals surface area contributed by atoms with E-state index in [0.29, 0.717) is 36.6 Å². The summed E-state index contributed by atoms with van der Waals surface area (Å²) in [6, 6.07) is 9.37. The van der Waals surface area contributed by atoms with Crippen molar-refractivity contribution >= 4 is 34.9 Å². The number of hydrogen-bond donors (Lipinski definition) is 1. The van der Waals surface area contributed by atoms with Crippen molar-refractivity contribution in [3.05, 3.63) is 29.5 Å². The molecule has 11 nitrogen and oxygen atoms in total. The topological polar surface area (TPSA) is 149 Å². The molecule has 1 N–H and O–H groups in total. The number of anilines is 2. The van der Waals surface area contributed by atoms with Gasteiger partial charge in [-0.15, -0.1) is 14.9 Å². The molecule has 0 atom stereocenters. The number of carbonyl (C=O) groups excluding carboxylic acids is 2. The van der Waals surface area contributed by atoms with Crippen molar-refractivity contribution in [3.8, 4) is 12.1 Å². The van der Waals surface area contributed by atoms with E-state index < -0.39 is 11.5 Å². The van der Waals surface area contributed by atoms with Crippen LogP contribution in [0.5, 0.6) is 0 Å². The van der Waals surface area contributed by atoms with Crippen molar-refractivity contribution in [3.63, 3.8) is 0 Å². The van der Waals surface area contributed by atoms with Crippen LogP contribution in [0.1, 0.15) is 52.3 Å². The van der Waals surface area contributed by atoms with Gasteiger partial charge in [-0.1, -0.05) is 20.8 Å². The summed E-state index contributed by atoms with van der Waals surface area (Å²) in [7, 11) is 1.20. The molecule has 0 bridgehead atoms. The lowest BCUT2D eigenvalue weighted by atomic mass is 9.90. The third kappa shape index (κ3) is 5.95. The highest BCUT2D eigenvalue weighted by molar-refractivity contribution is 5.93. The fourth-order valence-corrected chi connectivity index (χ4v) is 3.20. The zero-order valence-electron chi connectivity index (χ0n) is 20.2. The number of rotatable bonds is 7. The van der Waals surface area contributed by atoms with E-state index in [4.69, 9.17) is 10.00 Å². The molecule has 0 aliphatic rings. The minimum absolute atomic E-state index is 0.0682. The minimum atomic E-state index is -0.811. The molecule has 178 valence electrons. The van der Waals surface area contributed by atoms with Crippen LogP contribution in [-0.2, 0) is 14.9 Å². The summed E-state index contributed by atoms with van der Waals surface area (Å²) in [5.41, 5.74) is 1.45. The number of azo groups is 1. The van der Waals surface area contributed by atoms with Gasteiger partial charge in [0.2, 0.25) is 11.7 Å². The Bertz CT molecular complexity index is 1180. The van der Waals surface area contributed by atoms with Crippen molar-refractivity contribution in [1.29, 1.82) is 10.5 Å². The molecule has 2 aromatic rings. The quantitative estimate of drug-likeness (QED) is 0.579. The van der Waals surface area contributed by atoms with Crippen molar-refractivity contribution in [2.24, 2.45) is 10.2 Å². The number of benzene rings is 1. The standard InChI is InChI=1S/C23H28N8O3/c1-7-30(12-8-11-24)16-9-10-18(19(13-16)26-15(2)32)27-28-21-17(14-25)20(23(3,4)5)29-31(21)22(33)34-6/h9-10,13H,7-8,12H2,1-6H3,(H,26,32). The van der Waals surface area contributed by atoms with Crippen LogP contribution in [0.2, 0.25) is 0 Å². The average molecular weight is 465 g/mol. The Labute approximate surface area is 198 Å². The van der Waals surface area contributed by atoms with Crippen LogP contribution in [0.3, 0.4) is 0 Å². The smallest absolute Gasteiger partial charge is 0.436 e. The van der Waals surface area contributed by atoms with Gasteiger partial charge >= 0.3 is 6.09 Å². The second kappa shape index (κ2) is 11.1. The second-order valence-corrected chi connectivity index (χ2v) is 8.36. The van der Waals surface area contributed by atoms with Crippen molar-refractivity contribution in [1.82, 2.24) is 9.78 Å². The van der Waals surface area contributed by atoms with Gasteiger partial charge in [-0.2, -0.15) is 15.6 Å². The highest BCUT2D eigenvalue weighted by Crippen LogP contribution is 2.35. The number of nitriles is 2. The van der Waals surface area contributed by atoms with Gasteiger partial charge in [0.05, 0.1) is 31.0 Å². The third-order valence-corrected chi connectivity index (χ3v) is 4.81. The molecule has 0 fully saturated rings. The van der Waals surface area contributed by atoms with Gasteiger partial charge in [0.15, 0.2) is 0 Å². The van der Waals surface area contributed by atoms with E-state index in [1.54, 1.807) is 18.2 Å². The Kier molecular flexibility index (Phi) is 8.46. The number of nitrogens with zero attached hydrogens (tertiary/aromatic N) is 7. The highest BCUT2D eigenvalue weighted by Gasteiger charge is 2.29. The van der Waals surface area contributed by atoms with E-state index in [9.17, 15) is 14.9 Å². The van der Waals surface area contributed by atoms with Gasteiger partial charge in [-0.05, 0) is 25.1 Å². The molecule has 1 aromatic carbocycles. The molecule has 0 aliphatic heterocycles. The monoisotopic (exact) mass is 464 g/mol. The molecule has 0 spiro atoms. The third-order valence-electron chi connectivity index (χ3n) is 4.81. The van der Waals surface area contributed by atoms with Crippen molar-refractivity contribution in [2.75, 3.05) is 30.4 Å². The van der Waals surface area contributed by atoms with Gasteiger partial charge in [-0.25, -0.2) is 4.79 Å². The first-order valence-electron chi connectivity index (χ1n) is 10.6. The predicted molar refractivity (Wildman–Crippen MR) is 126 cm³/mol. The lowest BCUT2D eigenvalue weighted by molar-refractivity contribution is -0.114. The molecule has 0 saturated carbocycles. The van der Waals surface area contributed by atoms with E-state index in [1.807, 2.05) is 32.6 Å². The van der Waals surface area contributed by atoms with Crippen LogP contribution < -0.4 is 10.2 Å². The molecule has 0 saturated heterocycles. The number of hydrogen-bond acceptors (Lipinski definition) is 9. The van der Waals surface area contributed by atoms with Crippen LogP contribution in [0.15, 0.2) is 28.4 Å². The van der Waals surface area contributed by atoms with Crippen molar-refractivity contribution in [2.45, 2.75) is 46.5 Å².